The largest absolute Gasteiger partial charge is 0.461 e. The molecule has 0 heterocycles. The van der Waals surface area contributed by atoms with Gasteiger partial charge < -0.3 is 4.74 Å². The van der Waals surface area contributed by atoms with Crippen molar-refractivity contribution in [1.82, 2.24) is 0 Å². The monoisotopic (exact) mass is 250 g/mol. The lowest BCUT2D eigenvalue weighted by Gasteiger charge is -2.05. The van der Waals surface area contributed by atoms with Gasteiger partial charge >= 0.3 is 5.97 Å². The third-order valence-corrected chi connectivity index (χ3v) is 2.66. The molecule has 2 nitrogen and oxygen atoms in total. The molecule has 0 saturated heterocycles. The van der Waals surface area contributed by atoms with Crippen LogP contribution in [0.3, 0.4) is 0 Å². The molecule has 0 rings (SSSR count). The topological polar surface area (TPSA) is 26.3 Å². The first-order valence-corrected chi connectivity index (χ1v) is 6.53. The zero-order valence-corrected chi connectivity index (χ0v) is 12.2. The molecular formula is C16H26O2. The molecule has 102 valence electrons. The smallest absolute Gasteiger partial charge is 0.306 e. The van der Waals surface area contributed by atoms with Gasteiger partial charge in [0.2, 0.25) is 0 Å². The van der Waals surface area contributed by atoms with Crippen molar-refractivity contribution < 1.29 is 9.53 Å². The van der Waals surface area contributed by atoms with Crippen LogP contribution in [0.5, 0.6) is 0 Å². The Bertz CT molecular complexity index is 320. The Morgan fingerprint density at radius 3 is 2.50 bits per heavy atom. The predicted molar refractivity (Wildman–Crippen MR) is 77.4 cm³/mol. The summed E-state index contributed by atoms with van der Waals surface area (Å²) in [5, 5.41) is 0. The zero-order valence-electron chi connectivity index (χ0n) is 12.2. The Labute approximate surface area is 111 Å². The molecule has 0 aromatic rings. The Kier molecular flexibility index (Phi) is 8.99. The normalized spacial score (nSPS) is 12.8. The minimum Gasteiger partial charge on any atom is -0.461 e. The average molecular weight is 250 g/mol. The second kappa shape index (κ2) is 9.69. The fraction of sp³-hybridized carbons (Fsp3) is 0.562. The van der Waals surface area contributed by atoms with Gasteiger partial charge in [-0.05, 0) is 45.6 Å². The summed E-state index contributed by atoms with van der Waals surface area (Å²) < 4.78 is 5.13. The van der Waals surface area contributed by atoms with Crippen molar-refractivity contribution >= 4 is 5.97 Å². The molecule has 18 heavy (non-hydrogen) atoms. The maximum absolute atomic E-state index is 11.4. The van der Waals surface area contributed by atoms with E-state index < -0.39 is 0 Å². The van der Waals surface area contributed by atoms with Crippen molar-refractivity contribution in [3.8, 4) is 0 Å². The summed E-state index contributed by atoms with van der Waals surface area (Å²) in [7, 11) is 0. The maximum atomic E-state index is 11.4. The second-order valence-electron chi connectivity index (χ2n) is 4.97. The highest BCUT2D eigenvalue weighted by Crippen LogP contribution is 2.07. The number of rotatable bonds is 8. The van der Waals surface area contributed by atoms with E-state index in [2.05, 4.69) is 33.4 Å². The molecule has 0 spiro atoms. The minimum absolute atomic E-state index is 0.157. The highest BCUT2D eigenvalue weighted by atomic mass is 16.5. The Morgan fingerprint density at radius 1 is 1.28 bits per heavy atom. The van der Waals surface area contributed by atoms with Gasteiger partial charge in [-0.2, -0.15) is 0 Å². The highest BCUT2D eigenvalue weighted by Gasteiger charge is 2.05. The first-order valence-electron chi connectivity index (χ1n) is 6.53. The van der Waals surface area contributed by atoms with Crippen molar-refractivity contribution in [1.29, 1.82) is 0 Å². The molecule has 0 aliphatic rings. The van der Waals surface area contributed by atoms with E-state index in [4.69, 9.17) is 4.74 Å². The van der Waals surface area contributed by atoms with Gasteiger partial charge in [0.25, 0.3) is 0 Å². The Hall–Kier alpha value is -1.31. The number of hydrogen-bond acceptors (Lipinski definition) is 2. The van der Waals surface area contributed by atoms with Crippen molar-refractivity contribution in [2.45, 2.75) is 47.0 Å². The quantitative estimate of drug-likeness (QED) is 0.470. The lowest BCUT2D eigenvalue weighted by atomic mass is 10.1. The second-order valence-corrected chi connectivity index (χ2v) is 4.97. The summed E-state index contributed by atoms with van der Waals surface area (Å²) in [4.78, 5) is 11.4. The minimum atomic E-state index is -0.157. The van der Waals surface area contributed by atoms with E-state index in [0.717, 1.165) is 12.8 Å². The van der Waals surface area contributed by atoms with E-state index in [1.807, 2.05) is 13.0 Å². The van der Waals surface area contributed by atoms with Crippen LogP contribution in [0.25, 0.3) is 0 Å². The molecule has 1 unspecified atom stereocenters. The summed E-state index contributed by atoms with van der Waals surface area (Å²) in [6.45, 7) is 12.2. The molecule has 0 aliphatic carbocycles. The van der Waals surface area contributed by atoms with Crippen molar-refractivity contribution in [3.05, 3.63) is 36.0 Å². The summed E-state index contributed by atoms with van der Waals surface area (Å²) in [5.74, 6) is 0.0241. The maximum Gasteiger partial charge on any atom is 0.306 e. The molecule has 0 amide bonds. The average Bonchev–Trinajstić information content (AvgIpc) is 2.28. The van der Waals surface area contributed by atoms with E-state index in [9.17, 15) is 4.79 Å². The van der Waals surface area contributed by atoms with Crippen LogP contribution < -0.4 is 0 Å². The molecule has 0 saturated carbocycles. The van der Waals surface area contributed by atoms with Crippen LogP contribution in [0.1, 0.15) is 47.0 Å². The van der Waals surface area contributed by atoms with E-state index in [-0.39, 0.29) is 11.9 Å². The number of carbonyl (C=O) groups is 1. The van der Waals surface area contributed by atoms with Gasteiger partial charge in [0.15, 0.2) is 0 Å². The molecule has 0 radical (unpaired) electrons. The van der Waals surface area contributed by atoms with Gasteiger partial charge in [0.05, 0.1) is 6.42 Å². The van der Waals surface area contributed by atoms with E-state index in [1.165, 1.54) is 11.1 Å². The first-order chi connectivity index (χ1) is 8.45. The number of allylic oxidation sites excluding steroid dienone is 4. The number of hydrogen-bond donors (Lipinski definition) is 0. The standard InChI is InChI=1S/C16H26O2/c1-6-14(4)12-16(17)18-11-10-15(5)9-7-8-13(2)3/h6,8,10,14H,1,7,9,11-12H2,2-5H3/b15-10+. The lowest BCUT2D eigenvalue weighted by molar-refractivity contribution is -0.143. The molecule has 1 atom stereocenters. The van der Waals surface area contributed by atoms with Crippen LogP contribution in [0.15, 0.2) is 36.0 Å². The molecular weight excluding hydrogens is 224 g/mol. The van der Waals surface area contributed by atoms with E-state index >= 15 is 0 Å². The van der Waals surface area contributed by atoms with E-state index in [0.29, 0.717) is 13.0 Å². The summed E-state index contributed by atoms with van der Waals surface area (Å²) in [5.41, 5.74) is 2.60. The number of carbonyl (C=O) groups excluding carboxylic acids is 1. The summed E-state index contributed by atoms with van der Waals surface area (Å²) in [6, 6.07) is 0. The van der Waals surface area contributed by atoms with Crippen LogP contribution in [0.4, 0.5) is 0 Å². The number of ether oxygens (including phenoxy) is 1. The fourth-order valence-corrected chi connectivity index (χ4v) is 1.37. The zero-order chi connectivity index (χ0) is 14.0. The lowest BCUT2D eigenvalue weighted by Crippen LogP contribution is -2.08. The van der Waals surface area contributed by atoms with Crippen molar-refractivity contribution in [3.63, 3.8) is 0 Å². The summed E-state index contributed by atoms with van der Waals surface area (Å²) >= 11 is 0. The van der Waals surface area contributed by atoms with Gasteiger partial charge in [-0.15, -0.1) is 6.58 Å². The highest BCUT2D eigenvalue weighted by molar-refractivity contribution is 5.69. The SMILES string of the molecule is C=CC(C)CC(=O)OC/C=C(\C)CCC=C(C)C. The van der Waals surface area contributed by atoms with Gasteiger partial charge in [-0.1, -0.05) is 30.2 Å². The molecule has 2 heteroatoms. The van der Waals surface area contributed by atoms with Gasteiger partial charge in [-0.3, -0.25) is 4.79 Å². The van der Waals surface area contributed by atoms with Crippen LogP contribution in [0.2, 0.25) is 0 Å². The van der Waals surface area contributed by atoms with Gasteiger partial charge in [-0.25, -0.2) is 0 Å². The first kappa shape index (κ1) is 16.7. The molecule has 0 bridgehead atoms. The fourth-order valence-electron chi connectivity index (χ4n) is 1.37. The molecule has 0 aromatic carbocycles. The van der Waals surface area contributed by atoms with E-state index in [1.54, 1.807) is 6.08 Å². The van der Waals surface area contributed by atoms with Crippen LogP contribution in [0, 0.1) is 5.92 Å². The van der Waals surface area contributed by atoms with Gasteiger partial charge in [0.1, 0.15) is 6.61 Å². The van der Waals surface area contributed by atoms with Crippen molar-refractivity contribution in [2.24, 2.45) is 5.92 Å². The van der Waals surface area contributed by atoms with Gasteiger partial charge in [0, 0.05) is 0 Å². The predicted octanol–water partition coefficient (Wildman–Crippen LogP) is 4.43. The Balaban J connectivity index is 3.83. The molecule has 0 N–H and O–H groups in total. The van der Waals surface area contributed by atoms with Crippen LogP contribution in [-0.2, 0) is 9.53 Å². The third kappa shape index (κ3) is 9.88. The third-order valence-electron chi connectivity index (χ3n) is 2.66. The van der Waals surface area contributed by atoms with Crippen LogP contribution >= 0.6 is 0 Å². The van der Waals surface area contributed by atoms with Crippen LogP contribution in [-0.4, -0.2) is 12.6 Å². The molecule has 0 fully saturated rings. The summed E-state index contributed by atoms with van der Waals surface area (Å²) in [6.07, 6.45) is 8.44. The molecule has 0 aromatic heterocycles. The Morgan fingerprint density at radius 2 is 1.94 bits per heavy atom. The molecule has 0 aliphatic heterocycles. The van der Waals surface area contributed by atoms with Crippen molar-refractivity contribution in [2.75, 3.05) is 6.61 Å². The number of esters is 1.